The lowest BCUT2D eigenvalue weighted by Crippen LogP contribution is -2.44. The topological polar surface area (TPSA) is 105 Å². The molecule has 0 aromatic heterocycles. The third-order valence-electron chi connectivity index (χ3n) is 4.63. The number of cyclic esters (lactones) is 2. The zero-order valence-electron chi connectivity index (χ0n) is 16.4. The van der Waals surface area contributed by atoms with Gasteiger partial charge in [0, 0.05) is 6.42 Å². The van der Waals surface area contributed by atoms with E-state index in [0.717, 1.165) is 25.7 Å². The quantitative estimate of drug-likeness (QED) is 0.397. The molecule has 1 heterocycles. The molecule has 0 aromatic rings. The fourth-order valence-corrected chi connectivity index (χ4v) is 2.99. The summed E-state index contributed by atoms with van der Waals surface area (Å²) in [6.07, 6.45) is 2.84. The summed E-state index contributed by atoms with van der Waals surface area (Å²) in [6, 6.07) is -1.06. The van der Waals surface area contributed by atoms with Crippen molar-refractivity contribution in [3.05, 3.63) is 0 Å². The molecule has 7 nitrogen and oxygen atoms in total. The fraction of sp³-hybridized carbons (Fsp3) is 0.842. The summed E-state index contributed by atoms with van der Waals surface area (Å²) in [7, 11) is 0. The second-order valence-electron chi connectivity index (χ2n) is 6.97. The Labute approximate surface area is 155 Å². The van der Waals surface area contributed by atoms with Gasteiger partial charge in [-0.25, -0.2) is 0 Å². The van der Waals surface area contributed by atoms with Crippen LogP contribution in [0.15, 0.2) is 0 Å². The first kappa shape index (κ1) is 22.4. The van der Waals surface area contributed by atoms with Gasteiger partial charge in [-0.2, -0.15) is 0 Å². The Balaban J connectivity index is 3.03. The number of unbranched alkanes of at least 4 members (excludes halogenated alkanes) is 3. The predicted octanol–water partition coefficient (Wildman–Crippen LogP) is 2.49. The lowest BCUT2D eigenvalue weighted by atomic mass is 9.92. The zero-order chi connectivity index (χ0) is 19.7. The van der Waals surface area contributed by atoms with Gasteiger partial charge in [-0.05, 0) is 26.7 Å². The Hall–Kier alpha value is -1.63. The highest BCUT2D eigenvalue weighted by Gasteiger charge is 2.42. The molecular weight excluding hydrogens is 338 g/mol. The fourth-order valence-electron chi connectivity index (χ4n) is 2.99. The molecule has 5 atom stereocenters. The van der Waals surface area contributed by atoms with Crippen molar-refractivity contribution in [2.75, 3.05) is 0 Å². The number of esters is 3. The van der Waals surface area contributed by atoms with Crippen LogP contribution in [0.3, 0.4) is 0 Å². The van der Waals surface area contributed by atoms with Gasteiger partial charge in [0.1, 0.15) is 18.2 Å². The molecule has 0 amide bonds. The maximum atomic E-state index is 12.7. The molecule has 1 rings (SSSR count). The number of carbonyl (C=O) groups excluding carboxylic acids is 3. The minimum absolute atomic E-state index is 0.241. The van der Waals surface area contributed by atoms with Gasteiger partial charge in [0.2, 0.25) is 0 Å². The first-order valence-corrected chi connectivity index (χ1v) is 9.67. The minimum Gasteiger partial charge on any atom is -0.460 e. The molecule has 1 aliphatic heterocycles. The van der Waals surface area contributed by atoms with Crippen LogP contribution in [0, 0.1) is 5.92 Å². The maximum Gasteiger partial charge on any atom is 0.327 e. The lowest BCUT2D eigenvalue weighted by Gasteiger charge is -2.29. The molecule has 0 aliphatic carbocycles. The van der Waals surface area contributed by atoms with Crippen LogP contribution < -0.4 is 5.73 Å². The second-order valence-corrected chi connectivity index (χ2v) is 6.97. The maximum absolute atomic E-state index is 12.7. The van der Waals surface area contributed by atoms with Crippen molar-refractivity contribution in [3.8, 4) is 0 Å². The van der Waals surface area contributed by atoms with E-state index >= 15 is 0 Å². The Morgan fingerprint density at radius 3 is 2.27 bits per heavy atom. The molecular formula is C19H33NO6. The summed E-state index contributed by atoms with van der Waals surface area (Å²) >= 11 is 0. The second kappa shape index (κ2) is 11.2. The number of hydrogen-bond donors (Lipinski definition) is 1. The van der Waals surface area contributed by atoms with Crippen molar-refractivity contribution in [3.63, 3.8) is 0 Å². The highest BCUT2D eigenvalue weighted by atomic mass is 16.6. The van der Waals surface area contributed by atoms with E-state index in [0.29, 0.717) is 12.8 Å². The zero-order valence-corrected chi connectivity index (χ0v) is 16.4. The molecule has 0 spiro atoms. The molecule has 2 N–H and O–H groups in total. The van der Waals surface area contributed by atoms with Gasteiger partial charge in [0.05, 0.1) is 5.92 Å². The Bertz CT molecular complexity index is 481. The van der Waals surface area contributed by atoms with Crippen LogP contribution in [0.2, 0.25) is 0 Å². The SMILES string of the molecule is CCCCCC[C@H]1C(=O)O[C@H](C)[C@H](N)C(=O)O[C@@H](C)[C@@H]1OC(=O)CCC. The molecule has 1 saturated heterocycles. The summed E-state index contributed by atoms with van der Waals surface area (Å²) in [5, 5.41) is 0. The van der Waals surface area contributed by atoms with Gasteiger partial charge in [-0.1, -0.05) is 39.5 Å². The molecule has 0 radical (unpaired) electrons. The molecule has 0 aromatic carbocycles. The van der Waals surface area contributed by atoms with E-state index in [1.54, 1.807) is 13.8 Å². The first-order valence-electron chi connectivity index (χ1n) is 9.67. The van der Waals surface area contributed by atoms with Crippen LogP contribution in [0.1, 0.15) is 72.6 Å². The van der Waals surface area contributed by atoms with Gasteiger partial charge >= 0.3 is 17.9 Å². The van der Waals surface area contributed by atoms with Gasteiger partial charge in [0.15, 0.2) is 6.10 Å². The van der Waals surface area contributed by atoms with E-state index in [4.69, 9.17) is 19.9 Å². The highest BCUT2D eigenvalue weighted by Crippen LogP contribution is 2.26. The van der Waals surface area contributed by atoms with Crippen molar-refractivity contribution in [2.45, 2.75) is 97.0 Å². The van der Waals surface area contributed by atoms with Crippen molar-refractivity contribution < 1.29 is 28.6 Å². The number of carbonyl (C=O) groups is 3. The van der Waals surface area contributed by atoms with E-state index in [-0.39, 0.29) is 6.42 Å². The van der Waals surface area contributed by atoms with Gasteiger partial charge in [-0.3, -0.25) is 14.4 Å². The number of ether oxygens (including phenoxy) is 3. The van der Waals surface area contributed by atoms with E-state index in [9.17, 15) is 14.4 Å². The molecule has 26 heavy (non-hydrogen) atoms. The van der Waals surface area contributed by atoms with Gasteiger partial charge in [-0.15, -0.1) is 0 Å². The normalized spacial score (nSPS) is 29.8. The van der Waals surface area contributed by atoms with E-state index in [2.05, 4.69) is 6.92 Å². The summed E-state index contributed by atoms with van der Waals surface area (Å²) < 4.78 is 16.3. The van der Waals surface area contributed by atoms with Crippen LogP contribution >= 0.6 is 0 Å². The van der Waals surface area contributed by atoms with Gasteiger partial charge in [0.25, 0.3) is 0 Å². The summed E-state index contributed by atoms with van der Waals surface area (Å²) in [5.41, 5.74) is 5.81. The van der Waals surface area contributed by atoms with Gasteiger partial charge < -0.3 is 19.9 Å². The molecule has 0 unspecified atom stereocenters. The monoisotopic (exact) mass is 371 g/mol. The standard InChI is InChI=1S/C19H33NO6/c1-5-7-8-9-11-14-17(26-15(21)10-6-2)13(4)25-19(23)16(20)12(3)24-18(14)22/h12-14,16-17H,5-11,20H2,1-4H3/t12-,13+,14-,16+,17+/m1/s1. The number of hydrogen-bond acceptors (Lipinski definition) is 7. The highest BCUT2D eigenvalue weighted by molar-refractivity contribution is 5.79. The predicted molar refractivity (Wildman–Crippen MR) is 96.1 cm³/mol. The summed E-state index contributed by atoms with van der Waals surface area (Å²) in [5.74, 6) is -2.25. The summed E-state index contributed by atoms with van der Waals surface area (Å²) in [6.45, 7) is 7.15. The number of nitrogens with two attached hydrogens (primary N) is 1. The van der Waals surface area contributed by atoms with Crippen LogP contribution in [-0.4, -0.2) is 42.3 Å². The van der Waals surface area contributed by atoms with Crippen molar-refractivity contribution in [1.82, 2.24) is 0 Å². The Morgan fingerprint density at radius 1 is 1.00 bits per heavy atom. The van der Waals surface area contributed by atoms with Crippen LogP contribution in [0.5, 0.6) is 0 Å². The largest absolute Gasteiger partial charge is 0.460 e. The molecule has 0 saturated carbocycles. The third-order valence-corrected chi connectivity index (χ3v) is 4.63. The van der Waals surface area contributed by atoms with Crippen LogP contribution in [-0.2, 0) is 28.6 Å². The Morgan fingerprint density at radius 2 is 1.65 bits per heavy atom. The van der Waals surface area contributed by atoms with E-state index in [1.807, 2.05) is 6.92 Å². The molecule has 1 aliphatic rings. The molecule has 1 fully saturated rings. The molecule has 7 heteroatoms. The third kappa shape index (κ3) is 6.59. The van der Waals surface area contributed by atoms with Crippen molar-refractivity contribution in [2.24, 2.45) is 11.7 Å². The average molecular weight is 371 g/mol. The number of rotatable bonds is 8. The smallest absolute Gasteiger partial charge is 0.327 e. The molecule has 150 valence electrons. The van der Waals surface area contributed by atoms with Crippen LogP contribution in [0.4, 0.5) is 0 Å². The van der Waals surface area contributed by atoms with Crippen molar-refractivity contribution >= 4 is 17.9 Å². The van der Waals surface area contributed by atoms with E-state index < -0.39 is 48.2 Å². The molecule has 0 bridgehead atoms. The van der Waals surface area contributed by atoms with Crippen molar-refractivity contribution in [1.29, 1.82) is 0 Å². The van der Waals surface area contributed by atoms with E-state index in [1.165, 1.54) is 0 Å². The minimum atomic E-state index is -1.06. The first-order chi connectivity index (χ1) is 12.3. The Kier molecular flexibility index (Phi) is 9.62. The van der Waals surface area contributed by atoms with Crippen LogP contribution in [0.25, 0.3) is 0 Å². The summed E-state index contributed by atoms with van der Waals surface area (Å²) in [4.78, 5) is 36.9. The lowest BCUT2D eigenvalue weighted by molar-refractivity contribution is -0.175. The average Bonchev–Trinajstić information content (AvgIpc) is 2.60.